The first-order chi connectivity index (χ1) is 18.3. The van der Waals surface area contributed by atoms with Gasteiger partial charge in [-0.1, -0.05) is 41.9 Å². The zero-order valence-electron chi connectivity index (χ0n) is 21.2. The number of nitrogens with zero attached hydrogens (tertiary/aromatic N) is 4. The molecule has 9 heteroatoms. The summed E-state index contributed by atoms with van der Waals surface area (Å²) in [7, 11) is 0. The predicted molar refractivity (Wildman–Crippen MR) is 147 cm³/mol. The lowest BCUT2D eigenvalue weighted by Crippen LogP contribution is -2.39. The highest BCUT2D eigenvalue weighted by Gasteiger charge is 2.42. The number of halogens is 1. The number of carbonyl (C=O) groups is 2. The molecule has 3 heterocycles. The Morgan fingerprint density at radius 2 is 1.82 bits per heavy atom. The zero-order valence-corrected chi connectivity index (χ0v) is 21.9. The van der Waals surface area contributed by atoms with Crippen LogP contribution >= 0.6 is 11.6 Å². The molecule has 0 bridgehead atoms. The van der Waals surface area contributed by atoms with Crippen LogP contribution < -0.4 is 5.73 Å². The van der Waals surface area contributed by atoms with Crippen LogP contribution in [0.5, 0.6) is 0 Å². The molecule has 0 saturated heterocycles. The monoisotopic (exact) mass is 527 g/mol. The molecule has 1 aliphatic rings. The molecule has 2 N–H and O–H groups in total. The number of aryl methyl sites for hydroxylation is 1. The third kappa shape index (κ3) is 4.37. The number of benzene rings is 2. The third-order valence-corrected chi connectivity index (χ3v) is 7.05. The van der Waals surface area contributed by atoms with E-state index in [0.717, 1.165) is 22.5 Å². The maximum absolute atomic E-state index is 13.4. The van der Waals surface area contributed by atoms with Crippen molar-refractivity contribution < 1.29 is 14.3 Å². The number of aliphatic imine (C=N–C) groups is 1. The van der Waals surface area contributed by atoms with E-state index in [1.54, 1.807) is 44.4 Å². The van der Waals surface area contributed by atoms with Crippen LogP contribution in [0.15, 0.2) is 77.6 Å². The van der Waals surface area contributed by atoms with Gasteiger partial charge in [0.05, 0.1) is 35.5 Å². The number of imidazole rings is 1. The van der Waals surface area contributed by atoms with Gasteiger partial charge in [-0.3, -0.25) is 19.3 Å². The lowest BCUT2D eigenvalue weighted by Gasteiger charge is -2.32. The maximum Gasteiger partial charge on any atom is 0.336 e. The standard InChI is InChI=1S/C29H26ClN5O3/c1-4-38-29(37)26-25(20-7-5-6-8-21(20)30)24(28(31)36)16(2)33-27(26)18-9-11-19(12-10-18)35-17(3)34-22-15-32-14-13-23(22)35/h5-15,24-25H,4H2,1-3H3,(H2,31,36). The summed E-state index contributed by atoms with van der Waals surface area (Å²) in [5, 5.41) is 0.423. The van der Waals surface area contributed by atoms with Crippen molar-refractivity contribution in [2.75, 3.05) is 6.61 Å². The number of rotatable bonds is 6. The molecule has 0 radical (unpaired) electrons. The van der Waals surface area contributed by atoms with Crippen molar-refractivity contribution in [1.82, 2.24) is 14.5 Å². The minimum Gasteiger partial charge on any atom is -0.463 e. The van der Waals surface area contributed by atoms with Gasteiger partial charge in [0.1, 0.15) is 11.3 Å². The Balaban J connectivity index is 1.69. The van der Waals surface area contributed by atoms with E-state index >= 15 is 0 Å². The molecule has 38 heavy (non-hydrogen) atoms. The molecule has 2 atom stereocenters. The summed E-state index contributed by atoms with van der Waals surface area (Å²) in [5.41, 5.74) is 10.9. The molecule has 4 aromatic rings. The van der Waals surface area contributed by atoms with Crippen molar-refractivity contribution in [3.63, 3.8) is 0 Å². The third-order valence-electron chi connectivity index (χ3n) is 6.70. The van der Waals surface area contributed by atoms with Gasteiger partial charge in [-0.15, -0.1) is 0 Å². The number of hydrogen-bond donors (Lipinski definition) is 1. The van der Waals surface area contributed by atoms with Crippen molar-refractivity contribution >= 4 is 45.9 Å². The summed E-state index contributed by atoms with van der Waals surface area (Å²) >= 11 is 6.58. The number of ether oxygens (including phenoxy) is 1. The van der Waals surface area contributed by atoms with Gasteiger partial charge in [0.25, 0.3) is 0 Å². The lowest BCUT2D eigenvalue weighted by atomic mass is 9.74. The van der Waals surface area contributed by atoms with Crippen LogP contribution in [0.1, 0.15) is 36.7 Å². The highest BCUT2D eigenvalue weighted by Crippen LogP contribution is 2.44. The van der Waals surface area contributed by atoms with Gasteiger partial charge in [-0.05, 0) is 50.6 Å². The molecule has 2 aromatic carbocycles. The average Bonchev–Trinajstić information content (AvgIpc) is 3.24. The Morgan fingerprint density at radius 1 is 1.08 bits per heavy atom. The largest absolute Gasteiger partial charge is 0.463 e. The Labute approximate surface area is 224 Å². The molecule has 0 fully saturated rings. The first-order valence-electron chi connectivity index (χ1n) is 12.2. The van der Waals surface area contributed by atoms with Crippen LogP contribution in [0.3, 0.4) is 0 Å². The van der Waals surface area contributed by atoms with Gasteiger partial charge in [-0.2, -0.15) is 0 Å². The molecular formula is C29H26ClN5O3. The number of pyridine rings is 1. The van der Waals surface area contributed by atoms with Gasteiger partial charge in [0.2, 0.25) is 5.91 Å². The molecule has 0 saturated carbocycles. The van der Waals surface area contributed by atoms with E-state index < -0.39 is 23.7 Å². The number of nitrogens with two attached hydrogens (primary N) is 1. The van der Waals surface area contributed by atoms with Crippen molar-refractivity contribution in [3.8, 4) is 5.69 Å². The number of amides is 1. The summed E-state index contributed by atoms with van der Waals surface area (Å²) in [6.07, 6.45) is 3.46. The zero-order chi connectivity index (χ0) is 27.0. The number of primary amides is 1. The molecule has 8 nitrogen and oxygen atoms in total. The van der Waals surface area contributed by atoms with Crippen molar-refractivity contribution in [3.05, 3.63) is 94.5 Å². The summed E-state index contributed by atoms with van der Waals surface area (Å²) in [6.45, 7) is 5.57. The topological polar surface area (TPSA) is 112 Å². The number of aromatic nitrogens is 3. The SMILES string of the molecule is CCOC(=O)C1=C(c2ccc(-n3c(C)nc4cnccc43)cc2)N=C(C)C(C(N)=O)C1c1ccccc1Cl. The minimum atomic E-state index is -0.856. The molecular weight excluding hydrogens is 502 g/mol. The minimum absolute atomic E-state index is 0.162. The Morgan fingerprint density at radius 3 is 2.50 bits per heavy atom. The first kappa shape index (κ1) is 25.4. The summed E-state index contributed by atoms with van der Waals surface area (Å²) in [4.78, 5) is 39.6. The molecule has 2 aromatic heterocycles. The average molecular weight is 528 g/mol. The fourth-order valence-electron chi connectivity index (χ4n) is 5.09. The van der Waals surface area contributed by atoms with Gasteiger partial charge < -0.3 is 10.5 Å². The van der Waals surface area contributed by atoms with Crippen LogP contribution in [0.25, 0.3) is 22.4 Å². The second-order valence-corrected chi connectivity index (χ2v) is 9.43. The van der Waals surface area contributed by atoms with Crippen molar-refractivity contribution in [2.24, 2.45) is 16.6 Å². The summed E-state index contributed by atoms with van der Waals surface area (Å²) in [5.74, 6) is -1.94. The van der Waals surface area contributed by atoms with Gasteiger partial charge in [-0.25, -0.2) is 9.78 Å². The summed E-state index contributed by atoms with van der Waals surface area (Å²) < 4.78 is 7.49. The Hall–Kier alpha value is -4.30. The second-order valence-electron chi connectivity index (χ2n) is 9.02. The molecule has 2 unspecified atom stereocenters. The highest BCUT2D eigenvalue weighted by atomic mass is 35.5. The van der Waals surface area contributed by atoms with Crippen LogP contribution in [-0.4, -0.2) is 38.7 Å². The van der Waals surface area contributed by atoms with Gasteiger partial charge in [0, 0.05) is 34.1 Å². The molecule has 0 spiro atoms. The van der Waals surface area contributed by atoms with Crippen LogP contribution in [0, 0.1) is 12.8 Å². The molecule has 1 aliphatic heterocycles. The van der Waals surface area contributed by atoms with E-state index in [1.807, 2.05) is 47.9 Å². The molecule has 192 valence electrons. The van der Waals surface area contributed by atoms with E-state index in [4.69, 9.17) is 27.1 Å². The summed E-state index contributed by atoms with van der Waals surface area (Å²) in [6, 6.07) is 16.7. The second kappa shape index (κ2) is 10.2. The number of esters is 1. The van der Waals surface area contributed by atoms with E-state index in [9.17, 15) is 9.59 Å². The quantitative estimate of drug-likeness (QED) is 0.354. The highest BCUT2D eigenvalue weighted by molar-refractivity contribution is 6.31. The van der Waals surface area contributed by atoms with E-state index in [-0.39, 0.29) is 12.2 Å². The van der Waals surface area contributed by atoms with E-state index in [2.05, 4.69) is 9.97 Å². The normalized spacial score (nSPS) is 17.4. The first-order valence-corrected chi connectivity index (χ1v) is 12.6. The smallest absolute Gasteiger partial charge is 0.336 e. The molecule has 0 aliphatic carbocycles. The molecule has 5 rings (SSSR count). The van der Waals surface area contributed by atoms with Crippen LogP contribution in [0.2, 0.25) is 5.02 Å². The van der Waals surface area contributed by atoms with Gasteiger partial charge >= 0.3 is 5.97 Å². The van der Waals surface area contributed by atoms with Crippen LogP contribution in [-0.2, 0) is 14.3 Å². The van der Waals surface area contributed by atoms with Gasteiger partial charge in [0.15, 0.2) is 0 Å². The number of carbonyl (C=O) groups excluding carboxylic acids is 2. The Kier molecular flexibility index (Phi) is 6.82. The fraction of sp³-hybridized carbons (Fsp3) is 0.207. The van der Waals surface area contributed by atoms with Crippen molar-refractivity contribution in [1.29, 1.82) is 0 Å². The fourth-order valence-corrected chi connectivity index (χ4v) is 5.35. The molecule has 1 amide bonds. The lowest BCUT2D eigenvalue weighted by molar-refractivity contribution is -0.138. The predicted octanol–water partition coefficient (Wildman–Crippen LogP) is 5.02. The maximum atomic E-state index is 13.4. The number of hydrogen-bond acceptors (Lipinski definition) is 6. The van der Waals surface area contributed by atoms with Crippen molar-refractivity contribution in [2.45, 2.75) is 26.7 Å². The Bertz CT molecular complexity index is 1620. The van der Waals surface area contributed by atoms with Crippen LogP contribution in [0.4, 0.5) is 0 Å². The van der Waals surface area contributed by atoms with E-state index in [1.165, 1.54) is 0 Å². The van der Waals surface area contributed by atoms with E-state index in [0.29, 0.717) is 27.6 Å². The number of fused-ring (bicyclic) bond motifs is 1.